The van der Waals surface area contributed by atoms with Gasteiger partial charge in [0, 0.05) is 13.1 Å². The largest absolute Gasteiger partial charge is 1.00 e. The van der Waals surface area contributed by atoms with E-state index in [1.165, 1.54) is 11.1 Å². The fourth-order valence-corrected chi connectivity index (χ4v) is 2.15. The molecular weight excluding hydrogens is 298 g/mol. The van der Waals surface area contributed by atoms with Gasteiger partial charge < -0.3 is 29.9 Å². The van der Waals surface area contributed by atoms with Crippen molar-refractivity contribution in [1.29, 1.82) is 0 Å². The van der Waals surface area contributed by atoms with E-state index >= 15 is 0 Å². The van der Waals surface area contributed by atoms with Crippen LogP contribution in [0.15, 0.2) is 36.4 Å². The Kier molecular flexibility index (Phi) is 8.64. The van der Waals surface area contributed by atoms with Crippen LogP contribution < -0.4 is 15.5 Å². The molecule has 1 N–H and O–H groups in total. The van der Waals surface area contributed by atoms with Gasteiger partial charge >= 0.3 is 1.43 Å². The first-order valence-corrected chi connectivity index (χ1v) is 7.46. The molecule has 0 bridgehead atoms. The van der Waals surface area contributed by atoms with Gasteiger partial charge in [-0.2, -0.15) is 0 Å². The SMILES string of the molecule is Cc1ccccc1CCC1CNCCO1.O=C([O-])/C=C\C(=O)[O-].[H+]. The number of rotatable bonds is 5. The topological polar surface area (TPSA) is 102 Å². The molecule has 2 rings (SSSR count). The number of hydrogen-bond donors (Lipinski definition) is 1. The third kappa shape index (κ3) is 8.75. The van der Waals surface area contributed by atoms with Crippen LogP contribution in [0.1, 0.15) is 19.0 Å². The number of carbonyl (C=O) groups excluding carboxylic acids is 2. The van der Waals surface area contributed by atoms with Crippen molar-refractivity contribution >= 4 is 11.9 Å². The number of benzene rings is 1. The number of nitrogens with one attached hydrogen (secondary N) is 1. The van der Waals surface area contributed by atoms with Crippen LogP contribution in [0.3, 0.4) is 0 Å². The lowest BCUT2D eigenvalue weighted by molar-refractivity contribution is -0.301. The summed E-state index contributed by atoms with van der Waals surface area (Å²) in [6, 6.07) is 8.60. The van der Waals surface area contributed by atoms with Crippen molar-refractivity contribution in [2.24, 2.45) is 0 Å². The zero-order valence-corrected chi connectivity index (χ0v) is 13.1. The van der Waals surface area contributed by atoms with Crippen molar-refractivity contribution in [1.82, 2.24) is 5.32 Å². The number of hydrogen-bond acceptors (Lipinski definition) is 6. The highest BCUT2D eigenvalue weighted by molar-refractivity contribution is 5.87. The molecule has 1 aromatic rings. The number of carboxylic acid groups (broad SMARTS) is 2. The van der Waals surface area contributed by atoms with Crippen molar-refractivity contribution in [3.8, 4) is 0 Å². The smallest absolute Gasteiger partial charge is 0.545 e. The first-order valence-electron chi connectivity index (χ1n) is 7.46. The fraction of sp³-hybridized carbons (Fsp3) is 0.412. The van der Waals surface area contributed by atoms with E-state index in [1.807, 2.05) is 0 Å². The average molecular weight is 320 g/mol. The van der Waals surface area contributed by atoms with E-state index in [1.54, 1.807) is 0 Å². The molecule has 0 saturated carbocycles. The van der Waals surface area contributed by atoms with Crippen molar-refractivity contribution in [2.75, 3.05) is 19.7 Å². The molecule has 23 heavy (non-hydrogen) atoms. The Labute approximate surface area is 137 Å². The van der Waals surface area contributed by atoms with E-state index in [4.69, 9.17) is 4.74 Å². The van der Waals surface area contributed by atoms with E-state index in [-0.39, 0.29) is 1.43 Å². The summed E-state index contributed by atoms with van der Waals surface area (Å²) in [7, 11) is 0. The maximum atomic E-state index is 9.41. The van der Waals surface area contributed by atoms with Gasteiger partial charge in [-0.15, -0.1) is 0 Å². The average Bonchev–Trinajstić information content (AvgIpc) is 2.54. The highest BCUT2D eigenvalue weighted by atomic mass is 16.5. The van der Waals surface area contributed by atoms with Gasteiger partial charge in [-0.05, 0) is 43.0 Å². The second-order valence-corrected chi connectivity index (χ2v) is 5.13. The first kappa shape index (κ1) is 18.9. The van der Waals surface area contributed by atoms with E-state index in [2.05, 4.69) is 36.5 Å². The maximum Gasteiger partial charge on any atom is 1.00 e. The molecule has 1 aromatic carbocycles. The second-order valence-electron chi connectivity index (χ2n) is 5.13. The zero-order chi connectivity index (χ0) is 17.1. The van der Waals surface area contributed by atoms with Crippen LogP contribution in [-0.4, -0.2) is 37.7 Å². The van der Waals surface area contributed by atoms with Gasteiger partial charge in [0.2, 0.25) is 0 Å². The number of aliphatic carboxylic acids is 2. The molecule has 1 aliphatic rings. The molecule has 0 aromatic heterocycles. The lowest BCUT2D eigenvalue weighted by Gasteiger charge is -2.23. The highest BCUT2D eigenvalue weighted by Crippen LogP contribution is 2.12. The van der Waals surface area contributed by atoms with Gasteiger partial charge in [-0.25, -0.2) is 0 Å². The molecule has 0 radical (unpaired) electrons. The van der Waals surface area contributed by atoms with Crippen molar-refractivity contribution in [3.63, 3.8) is 0 Å². The lowest BCUT2D eigenvalue weighted by Crippen LogP contribution is -2.38. The minimum absolute atomic E-state index is 0. The van der Waals surface area contributed by atoms with Crippen LogP contribution in [-0.2, 0) is 20.7 Å². The van der Waals surface area contributed by atoms with E-state index in [0.29, 0.717) is 18.3 Å². The van der Waals surface area contributed by atoms with Crippen LogP contribution in [0.5, 0.6) is 0 Å². The Bertz CT molecular complexity index is 526. The molecule has 0 aliphatic carbocycles. The Morgan fingerprint density at radius 2 is 1.96 bits per heavy atom. The van der Waals surface area contributed by atoms with Crippen molar-refractivity contribution in [3.05, 3.63) is 47.5 Å². The number of ether oxygens (including phenoxy) is 1. The highest BCUT2D eigenvalue weighted by Gasteiger charge is 2.13. The van der Waals surface area contributed by atoms with Crippen LogP contribution in [0.4, 0.5) is 0 Å². The van der Waals surface area contributed by atoms with Crippen LogP contribution >= 0.6 is 0 Å². The van der Waals surface area contributed by atoms with Gasteiger partial charge in [0.15, 0.2) is 0 Å². The Morgan fingerprint density at radius 3 is 2.48 bits per heavy atom. The van der Waals surface area contributed by atoms with E-state index in [9.17, 15) is 19.8 Å². The predicted octanol–water partition coefficient (Wildman–Crippen LogP) is -0.929. The van der Waals surface area contributed by atoms with Gasteiger partial charge in [0.1, 0.15) is 0 Å². The maximum absolute atomic E-state index is 9.41. The molecule has 0 amide bonds. The van der Waals surface area contributed by atoms with E-state index < -0.39 is 11.9 Å². The molecular formula is C17H22NO5-. The molecule has 1 fully saturated rings. The van der Waals surface area contributed by atoms with Crippen molar-refractivity contribution in [2.45, 2.75) is 25.9 Å². The van der Waals surface area contributed by atoms with Crippen LogP contribution in [0, 0.1) is 6.92 Å². The normalized spacial score (nSPS) is 17.3. The van der Waals surface area contributed by atoms with E-state index in [0.717, 1.165) is 32.5 Å². The van der Waals surface area contributed by atoms with Crippen LogP contribution in [0.2, 0.25) is 0 Å². The zero-order valence-electron chi connectivity index (χ0n) is 14.1. The van der Waals surface area contributed by atoms with Crippen molar-refractivity contribution < 1.29 is 26.0 Å². The summed E-state index contributed by atoms with van der Waals surface area (Å²) in [5, 5.41) is 22.2. The third-order valence-electron chi connectivity index (χ3n) is 3.36. The molecule has 6 heteroatoms. The molecule has 0 spiro atoms. The predicted molar refractivity (Wildman–Crippen MR) is 82.4 cm³/mol. The molecule has 1 heterocycles. The Hall–Kier alpha value is -2.18. The minimum Gasteiger partial charge on any atom is -0.545 e. The van der Waals surface area contributed by atoms with Gasteiger partial charge in [-0.3, -0.25) is 0 Å². The molecule has 1 atom stereocenters. The molecule has 1 unspecified atom stereocenters. The summed E-state index contributed by atoms with van der Waals surface area (Å²) < 4.78 is 5.68. The molecule has 6 nitrogen and oxygen atoms in total. The summed E-state index contributed by atoms with van der Waals surface area (Å²) in [6.07, 6.45) is 3.42. The molecule has 1 saturated heterocycles. The summed E-state index contributed by atoms with van der Waals surface area (Å²) >= 11 is 0. The van der Waals surface area contributed by atoms with Gasteiger partial charge in [0.05, 0.1) is 24.6 Å². The lowest BCUT2D eigenvalue weighted by atomic mass is 10.0. The number of morpholine rings is 1. The molecule has 1 aliphatic heterocycles. The molecule has 126 valence electrons. The number of aryl methyl sites for hydroxylation is 2. The Balaban J connectivity index is 0.000000510. The first-order chi connectivity index (χ1) is 11.0. The number of carboxylic acids is 2. The summed E-state index contributed by atoms with van der Waals surface area (Å²) in [4.78, 5) is 18.8. The standard InChI is InChI=1S/C13H19NO.C4H4O4/c1-11-4-2-3-5-12(11)6-7-13-10-14-8-9-15-13;5-3(6)1-2-4(7)8/h2-5,13-14H,6-10H2,1H3;1-2H,(H,5,6)(H,7,8)/p-1/b;2-1-. The monoisotopic (exact) mass is 320 g/mol. The van der Waals surface area contributed by atoms with Gasteiger partial charge in [-0.1, -0.05) is 24.3 Å². The van der Waals surface area contributed by atoms with Crippen LogP contribution in [0.25, 0.3) is 0 Å². The van der Waals surface area contributed by atoms with Gasteiger partial charge in [0.25, 0.3) is 0 Å². The fourth-order valence-electron chi connectivity index (χ4n) is 2.15. The number of carbonyl (C=O) groups is 2. The minimum atomic E-state index is -1.55. The second kappa shape index (κ2) is 10.5. The Morgan fingerprint density at radius 1 is 1.30 bits per heavy atom. The third-order valence-corrected chi connectivity index (χ3v) is 3.36. The summed E-state index contributed by atoms with van der Waals surface area (Å²) in [5.41, 5.74) is 2.84. The summed E-state index contributed by atoms with van der Waals surface area (Å²) in [5.74, 6) is -3.09. The summed E-state index contributed by atoms with van der Waals surface area (Å²) in [6.45, 7) is 5.04. The quantitative estimate of drug-likeness (QED) is 0.704.